The van der Waals surface area contributed by atoms with Gasteiger partial charge in [-0.1, -0.05) is 32.1 Å². The van der Waals surface area contributed by atoms with E-state index in [-0.39, 0.29) is 7.33 Å². The van der Waals surface area contributed by atoms with Crippen LogP contribution in [0, 0.1) is 17.2 Å². The molecule has 0 aromatic carbocycles. The Kier molecular flexibility index (Phi) is 9.32. The van der Waals surface area contributed by atoms with Gasteiger partial charge in [0.25, 0.3) is 0 Å². The second-order valence-electron chi connectivity index (χ2n) is 9.41. The summed E-state index contributed by atoms with van der Waals surface area (Å²) < 4.78 is 10.2. The number of rotatable bonds is 5. The summed E-state index contributed by atoms with van der Waals surface area (Å²) in [7, 11) is 3.32. The Morgan fingerprint density at radius 2 is 1.88 bits per heavy atom. The number of likely N-dealkylation sites (tertiary alicyclic amines) is 1. The van der Waals surface area contributed by atoms with Crippen LogP contribution in [0.1, 0.15) is 52.8 Å². The maximum absolute atomic E-state index is 13.5. The predicted molar refractivity (Wildman–Crippen MR) is 126 cm³/mol. The molecule has 0 unspecified atom stereocenters. The summed E-state index contributed by atoms with van der Waals surface area (Å²) in [5, 5.41) is 15.6. The summed E-state index contributed by atoms with van der Waals surface area (Å²) in [5.41, 5.74) is -0.876. The highest BCUT2D eigenvalue weighted by molar-refractivity contribution is 5.96. The Balaban J connectivity index is 0.00000408. The molecule has 3 rings (SSSR count). The van der Waals surface area contributed by atoms with Crippen molar-refractivity contribution in [3.05, 3.63) is 0 Å². The topological polar surface area (TPSA) is 119 Å². The Morgan fingerprint density at radius 3 is 2.48 bits per heavy atom. The molecule has 10 heteroatoms. The maximum Gasteiger partial charge on any atom is 0.413 e. The number of hydrogen-bond acceptors (Lipinski definition) is 7. The fourth-order valence-electron chi connectivity index (χ4n) is 4.80. The number of nitrogens with one attached hydrogen (secondary N) is 2. The van der Waals surface area contributed by atoms with E-state index in [1.165, 1.54) is 13.5 Å². The minimum Gasteiger partial charge on any atom is -0.453 e. The number of ether oxygens (including phenoxy) is 2. The fourth-order valence-corrected chi connectivity index (χ4v) is 4.80. The Hall–Kier alpha value is -2.38. The Labute approximate surface area is 198 Å². The lowest BCUT2D eigenvalue weighted by Gasteiger charge is -2.37. The zero-order chi connectivity index (χ0) is 23.7. The number of nitrogens with zero attached hydrogens (tertiary/aromatic N) is 4. The lowest BCUT2D eigenvalue weighted by molar-refractivity contribution is -0.124. The lowest BCUT2D eigenvalue weighted by Crippen LogP contribution is -2.56. The standard InChI is InChI=1S/C23H38N6O4.H2/c1-28-10-8-23(17-24,9-11-28)27-20(30)19(16-18-6-4-3-5-7-18)25-21(26-22(31)32-2)29-12-14-33-15-13-29;/h18-19H,3-16H2,1-2H3,(H,27,30)(H,25,26,31);1H/t19-;/m0./s1. The van der Waals surface area contributed by atoms with Gasteiger partial charge < -0.3 is 24.6 Å². The summed E-state index contributed by atoms with van der Waals surface area (Å²) in [6.45, 7) is 3.68. The van der Waals surface area contributed by atoms with Gasteiger partial charge in [0.2, 0.25) is 11.9 Å². The van der Waals surface area contributed by atoms with Crippen LogP contribution in [-0.2, 0) is 14.3 Å². The first-order valence-corrected chi connectivity index (χ1v) is 12.1. The van der Waals surface area contributed by atoms with Crippen molar-refractivity contribution in [1.29, 1.82) is 5.26 Å². The minimum atomic E-state index is -0.876. The van der Waals surface area contributed by atoms with Crippen LogP contribution in [0.5, 0.6) is 0 Å². The van der Waals surface area contributed by atoms with Crippen molar-refractivity contribution >= 4 is 18.0 Å². The second-order valence-corrected chi connectivity index (χ2v) is 9.41. The highest BCUT2D eigenvalue weighted by Gasteiger charge is 2.38. The number of amides is 2. The van der Waals surface area contributed by atoms with E-state index in [4.69, 9.17) is 14.5 Å². The molecule has 3 fully saturated rings. The number of guanidine groups is 1. The molecule has 33 heavy (non-hydrogen) atoms. The number of morpholine rings is 1. The van der Waals surface area contributed by atoms with Crippen LogP contribution in [0.25, 0.3) is 0 Å². The van der Waals surface area contributed by atoms with E-state index in [0.29, 0.717) is 57.4 Å². The molecule has 2 saturated heterocycles. The second kappa shape index (κ2) is 12.2. The van der Waals surface area contributed by atoms with E-state index in [1.807, 2.05) is 11.9 Å². The molecule has 3 aliphatic rings. The van der Waals surface area contributed by atoms with Gasteiger partial charge in [-0.25, -0.2) is 9.79 Å². The smallest absolute Gasteiger partial charge is 0.413 e. The molecular weight excluding hydrogens is 424 g/mol. The lowest BCUT2D eigenvalue weighted by atomic mass is 9.84. The van der Waals surface area contributed by atoms with Gasteiger partial charge in [0, 0.05) is 27.6 Å². The fraction of sp³-hybridized carbons (Fsp3) is 0.826. The SMILES string of the molecule is COC(=O)NC(=N[C@@H](CC1CCCCC1)C(=O)NC1(C#N)CCN(C)CC1)N1CCOCC1.[HH]. The summed E-state index contributed by atoms with van der Waals surface area (Å²) in [6.07, 6.45) is 6.84. The van der Waals surface area contributed by atoms with Crippen LogP contribution in [0.3, 0.4) is 0 Å². The highest BCUT2D eigenvalue weighted by Crippen LogP contribution is 2.29. The molecule has 2 amide bonds. The third kappa shape index (κ3) is 7.30. The molecule has 0 bridgehead atoms. The van der Waals surface area contributed by atoms with Crippen molar-refractivity contribution in [3.8, 4) is 6.07 Å². The highest BCUT2D eigenvalue weighted by atomic mass is 16.5. The molecule has 186 valence electrons. The number of nitriles is 1. The number of carbonyl (C=O) groups excluding carboxylic acids is 2. The Bertz CT molecular complexity index is 738. The first-order valence-electron chi connectivity index (χ1n) is 12.1. The van der Waals surface area contributed by atoms with Crippen LogP contribution in [0.15, 0.2) is 4.99 Å². The van der Waals surface area contributed by atoms with Crippen LogP contribution < -0.4 is 10.6 Å². The number of carbonyl (C=O) groups is 2. The van der Waals surface area contributed by atoms with Gasteiger partial charge in [-0.05, 0) is 32.2 Å². The van der Waals surface area contributed by atoms with E-state index in [1.54, 1.807) is 0 Å². The average Bonchev–Trinajstić information content (AvgIpc) is 2.85. The molecule has 0 radical (unpaired) electrons. The number of aliphatic imine (C=N–C) groups is 1. The number of hydrogen-bond donors (Lipinski definition) is 2. The van der Waals surface area contributed by atoms with Gasteiger partial charge in [0.1, 0.15) is 11.6 Å². The maximum atomic E-state index is 13.5. The molecule has 1 atom stereocenters. The first-order chi connectivity index (χ1) is 15.9. The van der Waals surface area contributed by atoms with Gasteiger partial charge >= 0.3 is 6.09 Å². The van der Waals surface area contributed by atoms with Crippen LogP contribution in [-0.4, -0.2) is 92.9 Å². The third-order valence-corrected chi connectivity index (χ3v) is 6.99. The average molecular weight is 465 g/mol. The molecule has 1 saturated carbocycles. The van der Waals surface area contributed by atoms with E-state index < -0.39 is 17.7 Å². The van der Waals surface area contributed by atoms with Gasteiger partial charge in [0.05, 0.1) is 26.4 Å². The molecule has 0 aromatic heterocycles. The summed E-state index contributed by atoms with van der Waals surface area (Å²) >= 11 is 0. The van der Waals surface area contributed by atoms with Crippen molar-refractivity contribution in [2.45, 2.75) is 62.9 Å². The zero-order valence-electron chi connectivity index (χ0n) is 20.0. The van der Waals surface area contributed by atoms with E-state index in [0.717, 1.165) is 38.8 Å². The van der Waals surface area contributed by atoms with Crippen LogP contribution >= 0.6 is 0 Å². The molecule has 1 aliphatic carbocycles. The third-order valence-electron chi connectivity index (χ3n) is 6.99. The van der Waals surface area contributed by atoms with Gasteiger partial charge in [-0.3, -0.25) is 10.1 Å². The van der Waals surface area contributed by atoms with Crippen molar-refractivity contribution in [1.82, 2.24) is 20.4 Å². The molecule has 10 nitrogen and oxygen atoms in total. The van der Waals surface area contributed by atoms with Crippen LogP contribution in [0.4, 0.5) is 4.79 Å². The molecule has 0 spiro atoms. The van der Waals surface area contributed by atoms with Crippen molar-refractivity contribution in [2.24, 2.45) is 10.9 Å². The van der Waals surface area contributed by atoms with Crippen molar-refractivity contribution in [2.75, 3.05) is 53.6 Å². The summed E-state index contributed by atoms with van der Waals surface area (Å²) in [4.78, 5) is 34.4. The number of alkyl carbamates (subject to hydrolysis) is 1. The van der Waals surface area contributed by atoms with E-state index >= 15 is 0 Å². The van der Waals surface area contributed by atoms with Gasteiger partial charge in [-0.15, -0.1) is 0 Å². The van der Waals surface area contributed by atoms with Gasteiger partial charge in [0.15, 0.2) is 0 Å². The quantitative estimate of drug-likeness (QED) is 0.470. The molecule has 2 aliphatic heterocycles. The van der Waals surface area contributed by atoms with Gasteiger partial charge in [-0.2, -0.15) is 5.26 Å². The summed E-state index contributed by atoms with van der Waals surface area (Å²) in [5.74, 6) is 0.484. The molecular formula is C23H40N6O4. The van der Waals surface area contributed by atoms with Crippen molar-refractivity contribution < 1.29 is 20.5 Å². The zero-order valence-corrected chi connectivity index (χ0v) is 20.0. The molecule has 2 heterocycles. The minimum absolute atomic E-state index is 0. The Morgan fingerprint density at radius 1 is 1.21 bits per heavy atom. The van der Waals surface area contributed by atoms with Crippen molar-refractivity contribution in [3.63, 3.8) is 0 Å². The van der Waals surface area contributed by atoms with E-state index in [9.17, 15) is 14.9 Å². The monoisotopic (exact) mass is 464 g/mol. The van der Waals surface area contributed by atoms with E-state index in [2.05, 4.69) is 21.6 Å². The molecule has 2 N–H and O–H groups in total. The normalized spacial score (nSPS) is 23.3. The van der Waals surface area contributed by atoms with Crippen LogP contribution in [0.2, 0.25) is 0 Å². The predicted octanol–water partition coefficient (Wildman–Crippen LogP) is 1.72. The first kappa shape index (κ1) is 25.2. The molecule has 0 aromatic rings. The largest absolute Gasteiger partial charge is 0.453 e. The number of piperidine rings is 1. The number of methoxy groups -OCH3 is 1. The summed E-state index contributed by atoms with van der Waals surface area (Å²) in [6, 6.07) is 1.67.